The van der Waals surface area contributed by atoms with Crippen LogP contribution < -0.4 is 10.6 Å². The van der Waals surface area contributed by atoms with E-state index in [0.717, 1.165) is 18.4 Å². The highest BCUT2D eigenvalue weighted by Gasteiger charge is 2.44. The van der Waals surface area contributed by atoms with Gasteiger partial charge in [0.2, 0.25) is 0 Å². The molecule has 0 heterocycles. The second-order valence-electron chi connectivity index (χ2n) is 7.37. The Hall–Kier alpha value is -0.900. The van der Waals surface area contributed by atoms with Gasteiger partial charge >= 0.3 is 0 Å². The zero-order valence-corrected chi connectivity index (χ0v) is 18.9. The minimum absolute atomic E-state index is 0. The summed E-state index contributed by atoms with van der Waals surface area (Å²) in [6.07, 6.45) is 3.22. The van der Waals surface area contributed by atoms with Crippen LogP contribution in [0.1, 0.15) is 39.2 Å². The van der Waals surface area contributed by atoms with Crippen molar-refractivity contribution in [1.82, 2.24) is 10.6 Å². The first-order valence-electron chi connectivity index (χ1n) is 8.57. The standard InChI is InChI=1S/C18H28FN3O2S.HI/c1-5-20-16(21-12-17(2,3)25(4,23)24)22-13-18(9-10-18)14-7-6-8-15(19)11-14;/h6-8,11H,5,9-10,12-13H2,1-4H3,(H2,20,21,22);1H. The summed E-state index contributed by atoms with van der Waals surface area (Å²) >= 11 is 0. The maximum atomic E-state index is 13.5. The number of sulfone groups is 1. The van der Waals surface area contributed by atoms with E-state index >= 15 is 0 Å². The number of hydrogen-bond acceptors (Lipinski definition) is 3. The number of benzene rings is 1. The predicted molar refractivity (Wildman–Crippen MR) is 116 cm³/mol. The van der Waals surface area contributed by atoms with Gasteiger partial charge in [-0.05, 0) is 51.3 Å². The fourth-order valence-corrected chi connectivity index (χ4v) is 2.82. The zero-order chi connectivity index (χ0) is 18.7. The zero-order valence-electron chi connectivity index (χ0n) is 15.8. The van der Waals surface area contributed by atoms with Crippen LogP contribution in [-0.2, 0) is 15.3 Å². The second-order valence-corrected chi connectivity index (χ2v) is 10.0. The van der Waals surface area contributed by atoms with Crippen molar-refractivity contribution in [2.24, 2.45) is 4.99 Å². The highest BCUT2D eigenvalue weighted by atomic mass is 127. The Morgan fingerprint density at radius 3 is 2.46 bits per heavy atom. The van der Waals surface area contributed by atoms with Gasteiger partial charge in [0.25, 0.3) is 0 Å². The molecule has 2 N–H and O–H groups in total. The molecule has 26 heavy (non-hydrogen) atoms. The van der Waals surface area contributed by atoms with Gasteiger partial charge in [0, 0.05) is 24.8 Å². The summed E-state index contributed by atoms with van der Waals surface area (Å²) in [5.74, 6) is 0.362. The van der Waals surface area contributed by atoms with Crippen molar-refractivity contribution < 1.29 is 12.8 Å². The van der Waals surface area contributed by atoms with Gasteiger partial charge in [-0.15, -0.1) is 24.0 Å². The molecule has 8 heteroatoms. The molecule has 1 saturated carbocycles. The summed E-state index contributed by atoms with van der Waals surface area (Å²) in [6.45, 7) is 6.79. The number of hydrogen-bond donors (Lipinski definition) is 2. The molecular formula is C18H29FIN3O2S. The van der Waals surface area contributed by atoms with E-state index in [0.29, 0.717) is 19.0 Å². The van der Waals surface area contributed by atoms with Gasteiger partial charge in [-0.1, -0.05) is 12.1 Å². The van der Waals surface area contributed by atoms with Crippen LogP contribution in [0.25, 0.3) is 0 Å². The number of guanidine groups is 1. The van der Waals surface area contributed by atoms with Crippen molar-refractivity contribution in [2.45, 2.75) is 43.8 Å². The van der Waals surface area contributed by atoms with Gasteiger partial charge < -0.3 is 10.6 Å². The average molecular weight is 497 g/mol. The average Bonchev–Trinajstić information content (AvgIpc) is 3.30. The van der Waals surface area contributed by atoms with Gasteiger partial charge in [-0.3, -0.25) is 4.99 Å². The van der Waals surface area contributed by atoms with Crippen LogP contribution in [0.4, 0.5) is 4.39 Å². The highest BCUT2D eigenvalue weighted by Crippen LogP contribution is 2.47. The van der Waals surface area contributed by atoms with Crippen LogP contribution in [0.2, 0.25) is 0 Å². The quantitative estimate of drug-likeness (QED) is 0.346. The molecule has 0 bridgehead atoms. The van der Waals surface area contributed by atoms with E-state index in [4.69, 9.17) is 0 Å². The number of aliphatic imine (C=N–C) groups is 1. The lowest BCUT2D eigenvalue weighted by Crippen LogP contribution is -2.43. The molecule has 0 amide bonds. The Morgan fingerprint density at radius 1 is 1.31 bits per heavy atom. The molecule has 0 radical (unpaired) electrons. The highest BCUT2D eigenvalue weighted by molar-refractivity contribution is 14.0. The fraction of sp³-hybridized carbons (Fsp3) is 0.611. The molecule has 0 unspecified atom stereocenters. The first-order valence-corrected chi connectivity index (χ1v) is 10.5. The van der Waals surface area contributed by atoms with Crippen molar-refractivity contribution in [1.29, 1.82) is 0 Å². The smallest absolute Gasteiger partial charge is 0.191 e. The van der Waals surface area contributed by atoms with Crippen LogP contribution in [0.15, 0.2) is 29.3 Å². The maximum Gasteiger partial charge on any atom is 0.191 e. The summed E-state index contributed by atoms with van der Waals surface area (Å²) in [4.78, 5) is 4.43. The monoisotopic (exact) mass is 497 g/mol. The Bertz CT molecular complexity index is 747. The van der Waals surface area contributed by atoms with Crippen LogP contribution in [0.5, 0.6) is 0 Å². The molecule has 1 aliphatic rings. The van der Waals surface area contributed by atoms with E-state index in [1.807, 2.05) is 13.0 Å². The van der Waals surface area contributed by atoms with E-state index in [1.54, 1.807) is 26.0 Å². The molecule has 0 spiro atoms. The maximum absolute atomic E-state index is 13.5. The van der Waals surface area contributed by atoms with Gasteiger partial charge in [0.05, 0.1) is 11.3 Å². The molecule has 0 atom stereocenters. The van der Waals surface area contributed by atoms with Crippen LogP contribution in [0.3, 0.4) is 0 Å². The minimum Gasteiger partial charge on any atom is -0.357 e. The molecule has 0 aromatic heterocycles. The van der Waals surface area contributed by atoms with E-state index in [2.05, 4.69) is 15.6 Å². The Labute approximate surface area is 173 Å². The second kappa shape index (κ2) is 8.86. The molecule has 1 aliphatic carbocycles. The Morgan fingerprint density at radius 2 is 1.96 bits per heavy atom. The number of rotatable bonds is 7. The SMILES string of the molecule is CCNC(=NCC(C)(C)S(C)(=O)=O)NCC1(c2cccc(F)c2)CC1.I. The third kappa shape index (κ3) is 5.80. The summed E-state index contributed by atoms with van der Waals surface area (Å²) in [5, 5.41) is 6.43. The van der Waals surface area contributed by atoms with Gasteiger partial charge in [0.15, 0.2) is 15.8 Å². The van der Waals surface area contributed by atoms with E-state index in [-0.39, 0.29) is 41.8 Å². The molecule has 1 aromatic carbocycles. The van der Waals surface area contributed by atoms with Crippen LogP contribution in [-0.4, -0.2) is 45.0 Å². The Balaban J connectivity index is 0.00000338. The third-order valence-electron chi connectivity index (χ3n) is 4.85. The summed E-state index contributed by atoms with van der Waals surface area (Å²) in [7, 11) is -3.20. The summed E-state index contributed by atoms with van der Waals surface area (Å²) < 4.78 is 36.2. The lowest BCUT2D eigenvalue weighted by atomic mass is 9.96. The summed E-state index contributed by atoms with van der Waals surface area (Å²) in [6, 6.07) is 6.73. The molecule has 1 fully saturated rings. The molecule has 0 saturated heterocycles. The van der Waals surface area contributed by atoms with Gasteiger partial charge in [-0.2, -0.15) is 0 Å². The third-order valence-corrected chi connectivity index (χ3v) is 6.99. The molecule has 5 nitrogen and oxygen atoms in total. The van der Waals surface area contributed by atoms with Crippen molar-refractivity contribution in [3.8, 4) is 0 Å². The fourth-order valence-electron chi connectivity index (χ4n) is 2.52. The molecular weight excluding hydrogens is 468 g/mol. The predicted octanol–water partition coefficient (Wildman–Crippen LogP) is 2.85. The topological polar surface area (TPSA) is 70.6 Å². The van der Waals surface area contributed by atoms with Crippen molar-refractivity contribution >= 4 is 39.8 Å². The van der Waals surface area contributed by atoms with E-state index in [1.165, 1.54) is 12.3 Å². The normalized spacial score (nSPS) is 16.6. The molecule has 1 aromatic rings. The molecule has 2 rings (SSSR count). The van der Waals surface area contributed by atoms with E-state index < -0.39 is 14.6 Å². The van der Waals surface area contributed by atoms with Gasteiger partial charge in [-0.25, -0.2) is 12.8 Å². The molecule has 0 aliphatic heterocycles. The molecule has 148 valence electrons. The van der Waals surface area contributed by atoms with Gasteiger partial charge in [0.1, 0.15) is 5.82 Å². The van der Waals surface area contributed by atoms with Crippen LogP contribution >= 0.6 is 24.0 Å². The van der Waals surface area contributed by atoms with Crippen molar-refractivity contribution in [2.75, 3.05) is 25.9 Å². The first-order chi connectivity index (χ1) is 11.6. The van der Waals surface area contributed by atoms with Crippen molar-refractivity contribution in [3.05, 3.63) is 35.6 Å². The van der Waals surface area contributed by atoms with Crippen molar-refractivity contribution in [3.63, 3.8) is 0 Å². The Kier molecular flexibility index (Phi) is 7.88. The largest absolute Gasteiger partial charge is 0.357 e. The minimum atomic E-state index is -3.20. The first kappa shape index (κ1) is 23.1. The van der Waals surface area contributed by atoms with E-state index in [9.17, 15) is 12.8 Å². The lowest BCUT2D eigenvalue weighted by molar-refractivity contribution is 0.554. The number of nitrogens with zero attached hydrogens (tertiary/aromatic N) is 1. The number of halogens is 2. The van der Waals surface area contributed by atoms with Crippen LogP contribution in [0, 0.1) is 5.82 Å². The lowest BCUT2D eigenvalue weighted by Gasteiger charge is -2.22. The number of nitrogens with one attached hydrogen (secondary N) is 2. The summed E-state index contributed by atoms with van der Waals surface area (Å²) in [5.41, 5.74) is 0.928.